The molecule has 1 aromatic rings. The molecule has 0 bridgehead atoms. The molecule has 0 aromatic heterocycles. The van der Waals surface area contributed by atoms with E-state index >= 15 is 0 Å². The van der Waals surface area contributed by atoms with Crippen molar-refractivity contribution in [2.75, 3.05) is 0 Å². The van der Waals surface area contributed by atoms with E-state index in [0.717, 1.165) is 17.9 Å². The van der Waals surface area contributed by atoms with Gasteiger partial charge in [0.1, 0.15) is 0 Å². The van der Waals surface area contributed by atoms with Gasteiger partial charge in [-0.2, -0.15) is 23.5 Å². The number of hydrogen-bond acceptors (Lipinski definition) is 2. The lowest BCUT2D eigenvalue weighted by Crippen LogP contribution is -1.95. The Morgan fingerprint density at radius 3 is 1.50 bits per heavy atom. The van der Waals surface area contributed by atoms with Gasteiger partial charge in [-0.1, -0.05) is 52.8 Å². The van der Waals surface area contributed by atoms with E-state index in [2.05, 4.69) is 52.8 Å². The summed E-state index contributed by atoms with van der Waals surface area (Å²) in [7, 11) is 0. The second kappa shape index (κ2) is 8.16. The molecule has 0 fully saturated rings. The molecule has 0 atom stereocenters. The SMILES string of the molecule is CCc1cc(CSC(C)C)cc(CSC(C)C)c1. The van der Waals surface area contributed by atoms with E-state index in [9.17, 15) is 0 Å². The minimum absolute atomic E-state index is 0.712. The molecule has 0 radical (unpaired) electrons. The Balaban J connectivity index is 2.74. The van der Waals surface area contributed by atoms with Gasteiger partial charge in [0.15, 0.2) is 0 Å². The van der Waals surface area contributed by atoms with E-state index in [0.29, 0.717) is 10.5 Å². The number of thioether (sulfide) groups is 2. The van der Waals surface area contributed by atoms with Gasteiger partial charge in [-0.15, -0.1) is 0 Å². The summed E-state index contributed by atoms with van der Waals surface area (Å²) in [6, 6.07) is 7.14. The lowest BCUT2D eigenvalue weighted by molar-refractivity contribution is 1.09. The van der Waals surface area contributed by atoms with Crippen LogP contribution in [0.4, 0.5) is 0 Å². The highest BCUT2D eigenvalue weighted by molar-refractivity contribution is 7.99. The van der Waals surface area contributed by atoms with Gasteiger partial charge in [0.25, 0.3) is 0 Å². The van der Waals surface area contributed by atoms with Crippen LogP contribution in [0.5, 0.6) is 0 Å². The van der Waals surface area contributed by atoms with E-state index in [4.69, 9.17) is 0 Å². The first kappa shape index (κ1) is 16.0. The molecule has 1 aromatic carbocycles. The molecule has 0 saturated carbocycles. The second-order valence-electron chi connectivity index (χ2n) is 5.23. The molecule has 2 heteroatoms. The highest BCUT2D eigenvalue weighted by atomic mass is 32.2. The van der Waals surface area contributed by atoms with Crippen LogP contribution in [0.2, 0.25) is 0 Å². The van der Waals surface area contributed by atoms with Crippen LogP contribution in [-0.4, -0.2) is 10.5 Å². The predicted molar refractivity (Wildman–Crippen MR) is 88.7 cm³/mol. The molecule has 0 nitrogen and oxygen atoms in total. The van der Waals surface area contributed by atoms with Crippen LogP contribution in [0, 0.1) is 0 Å². The van der Waals surface area contributed by atoms with E-state index in [1.807, 2.05) is 23.5 Å². The summed E-state index contributed by atoms with van der Waals surface area (Å²) in [6.45, 7) is 11.3. The molecule has 0 aliphatic heterocycles. The van der Waals surface area contributed by atoms with Gasteiger partial charge in [-0.25, -0.2) is 0 Å². The van der Waals surface area contributed by atoms with Gasteiger partial charge in [0, 0.05) is 11.5 Å². The molecule has 0 aliphatic rings. The maximum absolute atomic E-state index is 2.39. The van der Waals surface area contributed by atoms with Gasteiger partial charge >= 0.3 is 0 Å². The first-order valence-electron chi connectivity index (χ1n) is 6.86. The zero-order valence-corrected chi connectivity index (χ0v) is 14.0. The minimum atomic E-state index is 0.712. The molecule has 102 valence electrons. The summed E-state index contributed by atoms with van der Waals surface area (Å²) < 4.78 is 0. The molecule has 1 rings (SSSR count). The number of benzene rings is 1. The Hall–Kier alpha value is -0.0800. The van der Waals surface area contributed by atoms with Crippen LogP contribution in [0.1, 0.15) is 51.3 Å². The third-order valence-corrected chi connectivity index (χ3v) is 5.02. The Morgan fingerprint density at radius 2 is 1.17 bits per heavy atom. The smallest absolute Gasteiger partial charge is 0.0187 e. The fraction of sp³-hybridized carbons (Fsp3) is 0.625. The molecule has 0 aliphatic carbocycles. The highest BCUT2D eigenvalue weighted by Crippen LogP contribution is 2.23. The summed E-state index contributed by atoms with van der Waals surface area (Å²) in [5.41, 5.74) is 4.47. The molecule has 0 N–H and O–H groups in total. The maximum Gasteiger partial charge on any atom is 0.0187 e. The third-order valence-electron chi connectivity index (χ3n) is 2.69. The molecule has 0 unspecified atom stereocenters. The van der Waals surface area contributed by atoms with Crippen molar-refractivity contribution in [3.05, 3.63) is 34.9 Å². The number of rotatable bonds is 7. The summed E-state index contributed by atoms with van der Waals surface area (Å²) in [5, 5.41) is 1.42. The fourth-order valence-corrected chi connectivity index (χ4v) is 3.12. The van der Waals surface area contributed by atoms with Crippen LogP contribution in [-0.2, 0) is 17.9 Å². The molecule has 0 amide bonds. The third kappa shape index (κ3) is 6.19. The van der Waals surface area contributed by atoms with Crippen molar-refractivity contribution >= 4 is 23.5 Å². The number of aryl methyl sites for hydroxylation is 1. The summed E-state index contributed by atoms with van der Waals surface area (Å²) in [4.78, 5) is 0. The van der Waals surface area contributed by atoms with Crippen LogP contribution >= 0.6 is 23.5 Å². The fourth-order valence-electron chi connectivity index (χ4n) is 1.74. The van der Waals surface area contributed by atoms with E-state index < -0.39 is 0 Å². The highest BCUT2D eigenvalue weighted by Gasteiger charge is 2.04. The Bertz CT molecular complexity index is 326. The van der Waals surface area contributed by atoms with Crippen LogP contribution < -0.4 is 0 Å². The van der Waals surface area contributed by atoms with Gasteiger partial charge in [0.2, 0.25) is 0 Å². The average molecular weight is 283 g/mol. The topological polar surface area (TPSA) is 0 Å². The Labute approximate surface area is 121 Å². The zero-order valence-electron chi connectivity index (χ0n) is 12.3. The Kier molecular flexibility index (Phi) is 7.25. The number of hydrogen-bond donors (Lipinski definition) is 0. The van der Waals surface area contributed by atoms with Gasteiger partial charge < -0.3 is 0 Å². The molecule has 0 heterocycles. The van der Waals surface area contributed by atoms with E-state index in [1.165, 1.54) is 16.7 Å². The lowest BCUT2D eigenvalue weighted by atomic mass is 10.1. The van der Waals surface area contributed by atoms with Crippen LogP contribution in [0.25, 0.3) is 0 Å². The van der Waals surface area contributed by atoms with Crippen LogP contribution in [0.3, 0.4) is 0 Å². The average Bonchev–Trinajstić information content (AvgIpc) is 2.33. The summed E-state index contributed by atoms with van der Waals surface area (Å²) in [6.07, 6.45) is 1.14. The quantitative estimate of drug-likeness (QED) is 0.644. The maximum atomic E-state index is 2.39. The predicted octanol–water partition coefficient (Wildman–Crippen LogP) is 5.53. The van der Waals surface area contributed by atoms with Crippen molar-refractivity contribution in [2.45, 2.75) is 63.0 Å². The molecular formula is C16H26S2. The minimum Gasteiger partial charge on any atom is -0.154 e. The summed E-state index contributed by atoms with van der Waals surface area (Å²) >= 11 is 4.06. The molecular weight excluding hydrogens is 256 g/mol. The Morgan fingerprint density at radius 1 is 0.778 bits per heavy atom. The van der Waals surface area contributed by atoms with Crippen molar-refractivity contribution in [1.82, 2.24) is 0 Å². The lowest BCUT2D eigenvalue weighted by Gasteiger charge is -2.11. The van der Waals surface area contributed by atoms with E-state index in [-0.39, 0.29) is 0 Å². The van der Waals surface area contributed by atoms with Crippen molar-refractivity contribution < 1.29 is 0 Å². The van der Waals surface area contributed by atoms with Gasteiger partial charge in [-0.3, -0.25) is 0 Å². The van der Waals surface area contributed by atoms with Crippen molar-refractivity contribution in [3.63, 3.8) is 0 Å². The van der Waals surface area contributed by atoms with Crippen LogP contribution in [0.15, 0.2) is 18.2 Å². The van der Waals surface area contributed by atoms with Gasteiger partial charge in [-0.05, 0) is 33.6 Å². The summed E-state index contributed by atoms with van der Waals surface area (Å²) in [5.74, 6) is 2.29. The standard InChI is InChI=1S/C16H26S2/c1-6-14-7-15(10-17-12(2)3)9-16(8-14)11-18-13(4)5/h7-9,12-13H,6,10-11H2,1-5H3. The first-order chi connectivity index (χ1) is 8.51. The molecule has 0 saturated heterocycles. The van der Waals surface area contributed by atoms with Crippen molar-refractivity contribution in [1.29, 1.82) is 0 Å². The second-order valence-corrected chi connectivity index (χ2v) is 8.36. The van der Waals surface area contributed by atoms with E-state index in [1.54, 1.807) is 0 Å². The van der Waals surface area contributed by atoms with Gasteiger partial charge in [0.05, 0.1) is 0 Å². The molecule has 18 heavy (non-hydrogen) atoms. The first-order valence-corrected chi connectivity index (χ1v) is 8.96. The largest absolute Gasteiger partial charge is 0.154 e. The zero-order chi connectivity index (χ0) is 13.5. The normalized spacial score (nSPS) is 11.5. The van der Waals surface area contributed by atoms with Crippen molar-refractivity contribution in [2.24, 2.45) is 0 Å². The monoisotopic (exact) mass is 282 g/mol. The van der Waals surface area contributed by atoms with Crippen molar-refractivity contribution in [3.8, 4) is 0 Å². The molecule has 0 spiro atoms.